The van der Waals surface area contributed by atoms with Crippen molar-refractivity contribution in [1.82, 2.24) is 4.90 Å². The number of hydrogen-bond donors (Lipinski definition) is 0. The van der Waals surface area contributed by atoms with Gasteiger partial charge in [0, 0.05) is 40.4 Å². The maximum absolute atomic E-state index is 13.4. The molecule has 0 radical (unpaired) electrons. The Morgan fingerprint density at radius 2 is 1.84 bits per heavy atom. The van der Waals surface area contributed by atoms with Crippen LogP contribution in [0.25, 0.3) is 6.08 Å². The second kappa shape index (κ2) is 9.87. The first kappa shape index (κ1) is 24.6. The zero-order chi connectivity index (χ0) is 26.4. The third-order valence-electron chi connectivity index (χ3n) is 6.85. The van der Waals surface area contributed by atoms with E-state index >= 15 is 0 Å². The van der Waals surface area contributed by atoms with Gasteiger partial charge >= 0.3 is 0 Å². The molecule has 8 nitrogen and oxygen atoms in total. The summed E-state index contributed by atoms with van der Waals surface area (Å²) in [5.74, 6) is 3.30. The van der Waals surface area contributed by atoms with Gasteiger partial charge < -0.3 is 28.4 Å². The van der Waals surface area contributed by atoms with Crippen molar-refractivity contribution in [2.24, 2.45) is 0 Å². The molecule has 0 bridgehead atoms. The summed E-state index contributed by atoms with van der Waals surface area (Å²) in [5.41, 5.74) is 4.82. The van der Waals surface area contributed by atoms with Gasteiger partial charge in [0.2, 0.25) is 5.78 Å². The summed E-state index contributed by atoms with van der Waals surface area (Å²) in [6.45, 7) is 4.13. The standard InChI is InChI=1S/C29H26ClNO7/c1-16-27-19(12-31(14-36-27)11-17-4-5-23(33-2)24(6-17)34-3)9-22-26(32)25(38-28(16)22)10-18-7-21(30)8-20-13-35-15-37-29(18)20/h4-10H,11-15H2,1-3H3/b25-10-. The van der Waals surface area contributed by atoms with Crippen LogP contribution < -0.4 is 23.7 Å². The van der Waals surface area contributed by atoms with Crippen LogP contribution in [0.5, 0.6) is 28.7 Å². The Bertz CT molecular complexity index is 1480. The molecule has 38 heavy (non-hydrogen) atoms. The molecule has 0 unspecified atom stereocenters. The van der Waals surface area contributed by atoms with E-state index in [-0.39, 0.29) is 18.3 Å². The van der Waals surface area contributed by atoms with Crippen LogP contribution in [0.3, 0.4) is 0 Å². The molecule has 0 N–H and O–H groups in total. The van der Waals surface area contributed by atoms with Gasteiger partial charge in [-0.3, -0.25) is 9.69 Å². The van der Waals surface area contributed by atoms with Crippen LogP contribution in [0.1, 0.15) is 38.2 Å². The minimum atomic E-state index is -0.191. The van der Waals surface area contributed by atoms with Crippen molar-refractivity contribution >= 4 is 23.5 Å². The molecule has 0 spiro atoms. The molecule has 6 rings (SSSR count). The van der Waals surface area contributed by atoms with Crippen molar-refractivity contribution in [2.75, 3.05) is 27.7 Å². The topological polar surface area (TPSA) is 75.7 Å². The van der Waals surface area contributed by atoms with E-state index in [2.05, 4.69) is 4.90 Å². The van der Waals surface area contributed by atoms with Crippen LogP contribution in [0, 0.1) is 6.92 Å². The van der Waals surface area contributed by atoms with Crippen LogP contribution in [0.15, 0.2) is 42.2 Å². The minimum absolute atomic E-state index is 0.142. The minimum Gasteiger partial charge on any atom is -0.493 e. The highest BCUT2D eigenvalue weighted by molar-refractivity contribution is 6.31. The fourth-order valence-electron chi connectivity index (χ4n) is 5.09. The maximum Gasteiger partial charge on any atom is 0.231 e. The number of carbonyl (C=O) groups excluding carboxylic acids is 1. The van der Waals surface area contributed by atoms with Gasteiger partial charge in [0.05, 0.1) is 26.4 Å². The summed E-state index contributed by atoms with van der Waals surface area (Å²) in [7, 11) is 3.24. The Balaban J connectivity index is 1.27. The third-order valence-corrected chi connectivity index (χ3v) is 7.06. The average Bonchev–Trinajstić information content (AvgIpc) is 3.23. The van der Waals surface area contributed by atoms with E-state index in [1.807, 2.05) is 31.2 Å². The van der Waals surface area contributed by atoms with Crippen LogP contribution in [0.4, 0.5) is 0 Å². The van der Waals surface area contributed by atoms with E-state index in [9.17, 15) is 4.79 Å². The molecule has 0 saturated heterocycles. The molecule has 0 aliphatic carbocycles. The molecule has 3 heterocycles. The number of halogens is 1. The highest BCUT2D eigenvalue weighted by Crippen LogP contribution is 2.44. The summed E-state index contributed by atoms with van der Waals surface area (Å²) in [6, 6.07) is 11.3. The number of hydrogen-bond acceptors (Lipinski definition) is 8. The number of ether oxygens (including phenoxy) is 6. The quantitative estimate of drug-likeness (QED) is 0.396. The number of Topliss-reactive ketones (excluding diaryl/α,β-unsaturated/α-hetero) is 1. The molecule has 0 amide bonds. The molecule has 0 fully saturated rings. The second-order valence-electron chi connectivity index (χ2n) is 9.35. The van der Waals surface area contributed by atoms with Crippen molar-refractivity contribution in [3.8, 4) is 28.7 Å². The molecular weight excluding hydrogens is 510 g/mol. The Morgan fingerprint density at radius 3 is 2.66 bits per heavy atom. The zero-order valence-corrected chi connectivity index (χ0v) is 22.0. The lowest BCUT2D eigenvalue weighted by molar-refractivity contribution is -0.0165. The fourth-order valence-corrected chi connectivity index (χ4v) is 5.34. The van der Waals surface area contributed by atoms with E-state index in [0.29, 0.717) is 65.6 Å². The number of allylic oxidation sites excluding steroid dienone is 1. The number of methoxy groups -OCH3 is 2. The smallest absolute Gasteiger partial charge is 0.231 e. The zero-order valence-electron chi connectivity index (χ0n) is 21.3. The predicted molar refractivity (Wildman–Crippen MR) is 140 cm³/mol. The Labute approximate surface area is 225 Å². The van der Waals surface area contributed by atoms with Gasteiger partial charge in [0.25, 0.3) is 0 Å². The van der Waals surface area contributed by atoms with E-state index in [0.717, 1.165) is 28.0 Å². The SMILES string of the molecule is COc1ccc(CN2COc3c(cc4c(c3C)O/C(=C\c3cc(Cl)cc5c3OCOC5)C4=O)C2)cc1OC. The number of ketones is 1. The lowest BCUT2D eigenvalue weighted by atomic mass is 9.99. The molecule has 196 valence electrons. The Kier molecular flexibility index (Phi) is 6.39. The van der Waals surface area contributed by atoms with Gasteiger partial charge in [-0.1, -0.05) is 17.7 Å². The molecule has 3 aliphatic heterocycles. The average molecular weight is 536 g/mol. The van der Waals surface area contributed by atoms with Crippen LogP contribution in [-0.4, -0.2) is 38.4 Å². The van der Waals surface area contributed by atoms with Gasteiger partial charge in [-0.25, -0.2) is 0 Å². The van der Waals surface area contributed by atoms with E-state index in [1.54, 1.807) is 32.4 Å². The first-order valence-electron chi connectivity index (χ1n) is 12.1. The fraction of sp³-hybridized carbons (Fsp3) is 0.276. The molecule has 0 atom stereocenters. The highest BCUT2D eigenvalue weighted by Gasteiger charge is 2.34. The van der Waals surface area contributed by atoms with Crippen molar-refractivity contribution < 1.29 is 33.2 Å². The molecule has 9 heteroatoms. The molecule has 3 aliphatic rings. The second-order valence-corrected chi connectivity index (χ2v) is 9.79. The normalized spacial score (nSPS) is 17.2. The Hall–Kier alpha value is -3.72. The van der Waals surface area contributed by atoms with Gasteiger partial charge in [-0.2, -0.15) is 0 Å². The van der Waals surface area contributed by atoms with E-state index in [4.69, 9.17) is 40.0 Å². The maximum atomic E-state index is 13.4. The van der Waals surface area contributed by atoms with Crippen molar-refractivity contribution in [1.29, 1.82) is 0 Å². The Morgan fingerprint density at radius 1 is 1.00 bits per heavy atom. The van der Waals surface area contributed by atoms with Gasteiger partial charge in [-0.05, 0) is 48.9 Å². The number of benzene rings is 3. The van der Waals surface area contributed by atoms with E-state index < -0.39 is 0 Å². The lowest BCUT2D eigenvalue weighted by Crippen LogP contribution is -2.32. The first-order valence-corrected chi connectivity index (χ1v) is 12.5. The number of fused-ring (bicyclic) bond motifs is 3. The summed E-state index contributed by atoms with van der Waals surface area (Å²) in [6.07, 6.45) is 1.68. The van der Waals surface area contributed by atoms with Crippen molar-refractivity contribution in [2.45, 2.75) is 26.6 Å². The number of carbonyl (C=O) groups is 1. The number of nitrogens with zero attached hydrogens (tertiary/aromatic N) is 1. The summed E-state index contributed by atoms with van der Waals surface area (Å²) < 4.78 is 34.1. The lowest BCUT2D eigenvalue weighted by Gasteiger charge is -2.30. The van der Waals surface area contributed by atoms with Gasteiger partial charge in [-0.15, -0.1) is 0 Å². The molecule has 3 aromatic carbocycles. The van der Waals surface area contributed by atoms with Gasteiger partial charge in [0.15, 0.2) is 24.1 Å². The van der Waals surface area contributed by atoms with Crippen LogP contribution >= 0.6 is 11.6 Å². The van der Waals surface area contributed by atoms with Crippen LogP contribution in [-0.2, 0) is 24.4 Å². The predicted octanol–water partition coefficient (Wildman–Crippen LogP) is 5.50. The summed E-state index contributed by atoms with van der Waals surface area (Å²) >= 11 is 6.31. The van der Waals surface area contributed by atoms with Crippen LogP contribution in [0.2, 0.25) is 5.02 Å². The van der Waals surface area contributed by atoms with E-state index in [1.165, 1.54) is 0 Å². The van der Waals surface area contributed by atoms with Gasteiger partial charge in [0.1, 0.15) is 24.0 Å². The molecule has 0 aromatic heterocycles. The summed E-state index contributed by atoms with van der Waals surface area (Å²) in [5, 5.41) is 0.530. The largest absolute Gasteiger partial charge is 0.493 e. The first-order chi connectivity index (χ1) is 18.4. The molecule has 0 saturated carbocycles. The van der Waals surface area contributed by atoms with Crippen molar-refractivity contribution in [3.63, 3.8) is 0 Å². The highest BCUT2D eigenvalue weighted by atomic mass is 35.5. The monoisotopic (exact) mass is 535 g/mol. The molecular formula is C29H26ClNO7. The van der Waals surface area contributed by atoms with Crippen molar-refractivity contribution in [3.05, 3.63) is 80.6 Å². The third kappa shape index (κ3) is 4.34. The summed E-state index contributed by atoms with van der Waals surface area (Å²) in [4.78, 5) is 15.6. The number of rotatable bonds is 5. The molecule has 3 aromatic rings.